The fourth-order valence-corrected chi connectivity index (χ4v) is 3.50. The molecule has 134 valence electrons. The number of amides is 1. The molecule has 0 aliphatic heterocycles. The van der Waals surface area contributed by atoms with Gasteiger partial charge in [-0.15, -0.1) is 11.8 Å². The molecule has 0 saturated carbocycles. The average Bonchev–Trinajstić information content (AvgIpc) is 2.53. The minimum Gasteiger partial charge on any atom is -0.325 e. The predicted octanol–water partition coefficient (Wildman–Crippen LogP) is 3.26. The molecule has 0 saturated heterocycles. The first-order chi connectivity index (χ1) is 11.8. The Hall–Kier alpha value is -1.99. The van der Waals surface area contributed by atoms with Crippen molar-refractivity contribution in [3.63, 3.8) is 0 Å². The first-order valence-electron chi connectivity index (χ1n) is 7.73. The van der Waals surface area contributed by atoms with Crippen LogP contribution in [0.3, 0.4) is 0 Å². The molecule has 2 rings (SSSR count). The summed E-state index contributed by atoms with van der Waals surface area (Å²) >= 11 is 1.54. The number of carbonyl (C=O) groups is 1. The van der Waals surface area contributed by atoms with Crippen molar-refractivity contribution in [3.8, 4) is 0 Å². The van der Waals surface area contributed by atoms with Crippen molar-refractivity contribution in [1.82, 2.24) is 0 Å². The highest BCUT2D eigenvalue weighted by molar-refractivity contribution is 7.99. The van der Waals surface area contributed by atoms with Crippen molar-refractivity contribution in [1.29, 1.82) is 0 Å². The molecule has 1 N–H and O–H groups in total. The van der Waals surface area contributed by atoms with Gasteiger partial charge in [-0.3, -0.25) is 9.10 Å². The molecule has 0 aromatic heterocycles. The summed E-state index contributed by atoms with van der Waals surface area (Å²) in [4.78, 5) is 12.1. The third-order valence-electron chi connectivity index (χ3n) is 3.58. The second kappa shape index (κ2) is 8.40. The van der Waals surface area contributed by atoms with Gasteiger partial charge in [0.1, 0.15) is 0 Å². The van der Waals surface area contributed by atoms with Crippen molar-refractivity contribution < 1.29 is 13.2 Å². The molecule has 0 radical (unpaired) electrons. The molecule has 2 aromatic carbocycles. The number of nitrogens with one attached hydrogen (secondary N) is 1. The fourth-order valence-electron chi connectivity index (χ4n) is 2.23. The third kappa shape index (κ3) is 6.10. The van der Waals surface area contributed by atoms with Gasteiger partial charge in [0.2, 0.25) is 15.9 Å². The molecule has 0 fully saturated rings. The predicted molar refractivity (Wildman–Crippen MR) is 106 cm³/mol. The molecule has 25 heavy (non-hydrogen) atoms. The quantitative estimate of drug-likeness (QED) is 0.803. The number of sulfonamides is 1. The van der Waals surface area contributed by atoms with Gasteiger partial charge in [-0.25, -0.2) is 8.42 Å². The molecule has 0 spiro atoms. The molecule has 0 aliphatic carbocycles. The van der Waals surface area contributed by atoms with Gasteiger partial charge in [-0.1, -0.05) is 35.9 Å². The summed E-state index contributed by atoms with van der Waals surface area (Å²) in [6.07, 6.45) is 1.14. The van der Waals surface area contributed by atoms with Gasteiger partial charge >= 0.3 is 0 Å². The minimum atomic E-state index is -3.33. The van der Waals surface area contributed by atoms with Crippen molar-refractivity contribution in [2.24, 2.45) is 0 Å². The number of aryl methyl sites for hydroxylation is 1. The van der Waals surface area contributed by atoms with Crippen LogP contribution in [0.2, 0.25) is 0 Å². The van der Waals surface area contributed by atoms with E-state index in [-0.39, 0.29) is 5.91 Å². The largest absolute Gasteiger partial charge is 0.325 e. The number of hydrogen-bond acceptors (Lipinski definition) is 4. The molecule has 7 heteroatoms. The van der Waals surface area contributed by atoms with Crippen molar-refractivity contribution in [2.75, 3.05) is 28.7 Å². The SMILES string of the molecule is Cc1cccc(CSCC(=O)Nc2cccc(N(C)S(C)(=O)=O)c2)c1. The third-order valence-corrected chi connectivity index (χ3v) is 5.78. The zero-order valence-corrected chi connectivity index (χ0v) is 16.2. The average molecular weight is 379 g/mol. The molecule has 0 aliphatic rings. The van der Waals surface area contributed by atoms with Gasteiger partial charge in [0.15, 0.2) is 0 Å². The van der Waals surface area contributed by atoms with E-state index in [1.807, 2.05) is 25.1 Å². The van der Waals surface area contributed by atoms with E-state index in [0.717, 1.165) is 12.0 Å². The number of hydrogen-bond donors (Lipinski definition) is 1. The summed E-state index contributed by atoms with van der Waals surface area (Å²) in [6, 6.07) is 15.0. The summed E-state index contributed by atoms with van der Waals surface area (Å²) in [5, 5.41) is 2.81. The highest BCUT2D eigenvalue weighted by Crippen LogP contribution is 2.21. The number of rotatable bonds is 7. The van der Waals surface area contributed by atoms with Gasteiger partial charge < -0.3 is 5.32 Å². The Labute approximate surface area is 153 Å². The lowest BCUT2D eigenvalue weighted by atomic mass is 10.2. The Kier molecular flexibility index (Phi) is 6.50. The normalized spacial score (nSPS) is 11.2. The van der Waals surface area contributed by atoms with Gasteiger partial charge in [0.05, 0.1) is 17.7 Å². The number of carbonyl (C=O) groups excluding carboxylic acids is 1. The van der Waals surface area contributed by atoms with Crippen LogP contribution in [0, 0.1) is 6.92 Å². The van der Waals surface area contributed by atoms with Crippen LogP contribution in [0.1, 0.15) is 11.1 Å². The lowest BCUT2D eigenvalue weighted by molar-refractivity contribution is -0.113. The van der Waals surface area contributed by atoms with Crippen LogP contribution in [0.4, 0.5) is 11.4 Å². The maximum absolute atomic E-state index is 12.1. The molecule has 5 nitrogen and oxygen atoms in total. The van der Waals surface area contributed by atoms with Crippen molar-refractivity contribution in [3.05, 3.63) is 59.7 Å². The zero-order valence-electron chi connectivity index (χ0n) is 14.5. The first-order valence-corrected chi connectivity index (χ1v) is 10.7. The smallest absolute Gasteiger partial charge is 0.234 e. The summed E-state index contributed by atoms with van der Waals surface area (Å²) < 4.78 is 24.4. The molecular weight excluding hydrogens is 356 g/mol. The lowest BCUT2D eigenvalue weighted by Gasteiger charge is -2.17. The minimum absolute atomic E-state index is 0.114. The maximum atomic E-state index is 12.1. The zero-order chi connectivity index (χ0) is 18.4. The number of nitrogens with zero attached hydrogens (tertiary/aromatic N) is 1. The highest BCUT2D eigenvalue weighted by atomic mass is 32.2. The summed E-state index contributed by atoms with van der Waals surface area (Å²) in [6.45, 7) is 2.04. The van der Waals surface area contributed by atoms with E-state index < -0.39 is 10.0 Å². The van der Waals surface area contributed by atoms with E-state index in [0.29, 0.717) is 17.1 Å². The van der Waals surface area contributed by atoms with Gasteiger partial charge in [0, 0.05) is 18.5 Å². The highest BCUT2D eigenvalue weighted by Gasteiger charge is 2.12. The van der Waals surface area contributed by atoms with Crippen LogP contribution in [0.15, 0.2) is 48.5 Å². The molecular formula is C18H22N2O3S2. The summed E-state index contributed by atoms with van der Waals surface area (Å²) in [5.41, 5.74) is 3.48. The van der Waals surface area contributed by atoms with Crippen LogP contribution < -0.4 is 9.62 Å². The first kappa shape index (κ1) is 19.3. The van der Waals surface area contributed by atoms with Crippen LogP contribution in [-0.4, -0.2) is 33.4 Å². The molecule has 0 heterocycles. The Balaban J connectivity index is 1.90. The second-order valence-corrected chi connectivity index (χ2v) is 8.81. The molecule has 2 aromatic rings. The molecule has 0 atom stereocenters. The number of benzene rings is 2. The van der Waals surface area contributed by atoms with Crippen LogP contribution in [0.5, 0.6) is 0 Å². The van der Waals surface area contributed by atoms with Crippen molar-refractivity contribution in [2.45, 2.75) is 12.7 Å². The monoisotopic (exact) mass is 378 g/mol. The standard InChI is InChI=1S/C18H22N2O3S2/c1-14-6-4-7-15(10-14)12-24-13-18(21)19-16-8-5-9-17(11-16)20(2)25(3,22)23/h4-11H,12-13H2,1-3H3,(H,19,21). The second-order valence-electron chi connectivity index (χ2n) is 5.81. The lowest BCUT2D eigenvalue weighted by Crippen LogP contribution is -2.25. The van der Waals surface area contributed by atoms with Crippen LogP contribution >= 0.6 is 11.8 Å². The van der Waals surface area contributed by atoms with Gasteiger partial charge in [-0.05, 0) is 30.7 Å². The molecule has 1 amide bonds. The van der Waals surface area contributed by atoms with E-state index in [4.69, 9.17) is 0 Å². The van der Waals surface area contributed by atoms with E-state index >= 15 is 0 Å². The summed E-state index contributed by atoms with van der Waals surface area (Å²) in [7, 11) is -1.85. The molecule has 0 unspecified atom stereocenters. The van der Waals surface area contributed by atoms with Crippen LogP contribution in [-0.2, 0) is 20.6 Å². The fraction of sp³-hybridized carbons (Fsp3) is 0.278. The Morgan fingerprint density at radius 2 is 1.88 bits per heavy atom. The van der Waals surface area contributed by atoms with E-state index in [2.05, 4.69) is 11.4 Å². The van der Waals surface area contributed by atoms with E-state index in [1.54, 1.807) is 24.3 Å². The molecule has 0 bridgehead atoms. The van der Waals surface area contributed by atoms with Crippen molar-refractivity contribution >= 4 is 39.1 Å². The Bertz CT molecular complexity index is 851. The van der Waals surface area contributed by atoms with Crippen LogP contribution in [0.25, 0.3) is 0 Å². The number of anilines is 2. The maximum Gasteiger partial charge on any atom is 0.234 e. The van der Waals surface area contributed by atoms with E-state index in [1.165, 1.54) is 34.2 Å². The number of thioether (sulfide) groups is 1. The topological polar surface area (TPSA) is 66.5 Å². The van der Waals surface area contributed by atoms with Gasteiger partial charge in [0.25, 0.3) is 0 Å². The van der Waals surface area contributed by atoms with Gasteiger partial charge in [-0.2, -0.15) is 0 Å². The Morgan fingerprint density at radius 1 is 1.16 bits per heavy atom. The summed E-state index contributed by atoms with van der Waals surface area (Å²) in [5.74, 6) is 0.989. The van der Waals surface area contributed by atoms with E-state index in [9.17, 15) is 13.2 Å². The Morgan fingerprint density at radius 3 is 2.56 bits per heavy atom.